The summed E-state index contributed by atoms with van der Waals surface area (Å²) < 4.78 is 22.2. The topological polar surface area (TPSA) is 90.2 Å². The minimum absolute atomic E-state index is 0.0325. The van der Waals surface area contributed by atoms with Crippen LogP contribution in [0.3, 0.4) is 0 Å². The van der Waals surface area contributed by atoms with E-state index in [1.165, 1.54) is 43.0 Å². The number of fused-ring (bicyclic) bond motifs is 1. The third-order valence-corrected chi connectivity index (χ3v) is 6.72. The number of hydrogen-bond donors (Lipinski definition) is 2. The third kappa shape index (κ3) is 4.98. The van der Waals surface area contributed by atoms with E-state index in [1.54, 1.807) is 12.1 Å². The average Bonchev–Trinajstić information content (AvgIpc) is 3.39. The lowest BCUT2D eigenvalue weighted by Gasteiger charge is -2.27. The van der Waals surface area contributed by atoms with Crippen LogP contribution in [-0.2, 0) is 6.42 Å². The van der Waals surface area contributed by atoms with Crippen LogP contribution in [0.5, 0.6) is 28.9 Å². The van der Waals surface area contributed by atoms with Gasteiger partial charge in [0, 0.05) is 24.1 Å². The lowest BCUT2D eigenvalue weighted by molar-refractivity contribution is 0.0991. The van der Waals surface area contributed by atoms with Gasteiger partial charge in [0.15, 0.2) is 5.76 Å². The van der Waals surface area contributed by atoms with E-state index in [9.17, 15) is 9.90 Å². The van der Waals surface area contributed by atoms with Gasteiger partial charge in [-0.1, -0.05) is 36.4 Å². The van der Waals surface area contributed by atoms with Crippen molar-refractivity contribution >= 4 is 11.6 Å². The van der Waals surface area contributed by atoms with E-state index in [1.807, 2.05) is 13.0 Å². The van der Waals surface area contributed by atoms with Crippen LogP contribution in [0.2, 0.25) is 0 Å². The summed E-state index contributed by atoms with van der Waals surface area (Å²) in [6.07, 6.45) is 3.29. The molecule has 0 spiro atoms. The Labute approximate surface area is 215 Å². The zero-order chi connectivity index (χ0) is 25.9. The van der Waals surface area contributed by atoms with Crippen molar-refractivity contribution in [3.05, 3.63) is 94.7 Å². The lowest BCUT2D eigenvalue weighted by Crippen LogP contribution is -2.12. The number of carbonyl (C=O) groups is 1. The van der Waals surface area contributed by atoms with Gasteiger partial charge in [-0.3, -0.25) is 4.79 Å². The van der Waals surface area contributed by atoms with Crippen molar-refractivity contribution in [3.8, 4) is 28.9 Å². The monoisotopic (exact) mass is 499 g/mol. The zero-order valence-corrected chi connectivity index (χ0v) is 21.0. The molecule has 1 atom stereocenters. The van der Waals surface area contributed by atoms with Crippen molar-refractivity contribution in [3.63, 3.8) is 0 Å². The summed E-state index contributed by atoms with van der Waals surface area (Å²) in [5.74, 6) is 1.15. The summed E-state index contributed by atoms with van der Waals surface area (Å²) in [5.41, 5.74) is 5.03. The van der Waals surface area contributed by atoms with Crippen molar-refractivity contribution in [2.24, 2.45) is 0 Å². The molecular weight excluding hydrogens is 470 g/mol. The summed E-state index contributed by atoms with van der Waals surface area (Å²) in [6, 6.07) is 20.9. The van der Waals surface area contributed by atoms with Gasteiger partial charge in [0.25, 0.3) is 11.9 Å². The highest BCUT2D eigenvalue weighted by molar-refractivity contribution is 6.04. The number of nitrogens with one attached hydrogen (secondary N) is 1. The molecule has 0 saturated carbocycles. The Morgan fingerprint density at radius 3 is 2.57 bits per heavy atom. The number of phenolic OH excluding ortho intramolecular Hbond substituents is 1. The van der Waals surface area contributed by atoms with Crippen molar-refractivity contribution < 1.29 is 28.5 Å². The molecule has 0 radical (unpaired) electrons. The van der Waals surface area contributed by atoms with Gasteiger partial charge in [0.1, 0.15) is 28.7 Å². The lowest BCUT2D eigenvalue weighted by atomic mass is 9.78. The summed E-state index contributed by atoms with van der Waals surface area (Å²) in [5, 5.41) is 13.0. The van der Waals surface area contributed by atoms with Crippen LogP contribution in [0.1, 0.15) is 51.6 Å². The highest BCUT2D eigenvalue weighted by Gasteiger charge is 2.24. The fourth-order valence-corrected chi connectivity index (χ4v) is 4.86. The number of rotatable bonds is 7. The maximum Gasteiger partial charge on any atom is 0.291 e. The number of carbonyl (C=O) groups excluding carboxylic acids is 1. The van der Waals surface area contributed by atoms with Gasteiger partial charge in [-0.15, -0.1) is 0 Å². The van der Waals surface area contributed by atoms with Gasteiger partial charge in [0.05, 0.1) is 14.2 Å². The SMILES string of the molecule is COc1cc(O)c(NC(=O)c2ccc(Oc3cc4c(cc3C)CCCC4c3ccccc3)o2)c(OC)c1. The number of anilines is 1. The smallest absolute Gasteiger partial charge is 0.291 e. The normalized spacial score (nSPS) is 14.5. The molecule has 1 unspecified atom stereocenters. The number of phenols is 1. The van der Waals surface area contributed by atoms with Crippen LogP contribution in [-0.4, -0.2) is 25.2 Å². The number of aromatic hydroxyl groups is 1. The van der Waals surface area contributed by atoms with Crippen molar-refractivity contribution in [1.82, 2.24) is 0 Å². The first-order valence-electron chi connectivity index (χ1n) is 12.2. The summed E-state index contributed by atoms with van der Waals surface area (Å²) in [4.78, 5) is 12.9. The van der Waals surface area contributed by atoms with Crippen LogP contribution in [0, 0.1) is 6.92 Å². The molecule has 3 aromatic carbocycles. The zero-order valence-electron chi connectivity index (χ0n) is 21.0. The van der Waals surface area contributed by atoms with Crippen LogP contribution in [0.4, 0.5) is 5.69 Å². The Hall–Kier alpha value is -4.39. The standard InChI is InChI=1S/C30H29NO6/c1-18-14-20-10-7-11-22(19-8-5-4-6-9-19)23(20)17-26(18)37-28-13-12-25(36-28)30(33)31-29-24(32)15-21(34-2)16-27(29)35-3/h4-6,8-9,12-17,22,32H,7,10-11H2,1-3H3,(H,31,33). The molecular formula is C30H29NO6. The molecule has 7 heteroatoms. The van der Waals surface area contributed by atoms with Crippen LogP contribution in [0.15, 0.2) is 71.1 Å². The van der Waals surface area contributed by atoms with E-state index in [4.69, 9.17) is 18.6 Å². The minimum Gasteiger partial charge on any atom is -0.505 e. The second kappa shape index (κ2) is 10.3. The highest BCUT2D eigenvalue weighted by Crippen LogP contribution is 2.41. The van der Waals surface area contributed by atoms with E-state index >= 15 is 0 Å². The summed E-state index contributed by atoms with van der Waals surface area (Å²) >= 11 is 0. The Balaban J connectivity index is 1.37. The van der Waals surface area contributed by atoms with E-state index in [-0.39, 0.29) is 28.9 Å². The number of benzene rings is 3. The first-order chi connectivity index (χ1) is 18.0. The molecule has 7 nitrogen and oxygen atoms in total. The molecule has 0 bridgehead atoms. The Bertz CT molecular complexity index is 1430. The van der Waals surface area contributed by atoms with E-state index < -0.39 is 5.91 Å². The van der Waals surface area contributed by atoms with Gasteiger partial charge >= 0.3 is 0 Å². The number of furan rings is 1. The molecule has 2 N–H and O–H groups in total. The van der Waals surface area contributed by atoms with E-state index in [0.717, 1.165) is 24.8 Å². The van der Waals surface area contributed by atoms with Crippen molar-refractivity contribution in [2.75, 3.05) is 19.5 Å². The van der Waals surface area contributed by atoms with Crippen LogP contribution < -0.4 is 19.5 Å². The number of ether oxygens (including phenoxy) is 3. The molecule has 37 heavy (non-hydrogen) atoms. The molecule has 0 aliphatic heterocycles. The second-order valence-corrected chi connectivity index (χ2v) is 9.07. The van der Waals surface area contributed by atoms with Gasteiger partial charge in [-0.05, 0) is 60.6 Å². The van der Waals surface area contributed by atoms with Gasteiger partial charge in [-0.2, -0.15) is 0 Å². The highest BCUT2D eigenvalue weighted by atomic mass is 16.6. The van der Waals surface area contributed by atoms with Crippen molar-refractivity contribution in [1.29, 1.82) is 0 Å². The van der Waals surface area contributed by atoms with Crippen LogP contribution in [0.25, 0.3) is 0 Å². The average molecular weight is 500 g/mol. The largest absolute Gasteiger partial charge is 0.505 e. The maximum absolute atomic E-state index is 12.9. The number of aryl methyl sites for hydroxylation is 2. The molecule has 5 rings (SSSR count). The second-order valence-electron chi connectivity index (χ2n) is 9.07. The quantitative estimate of drug-likeness (QED) is 0.271. The fraction of sp³-hybridized carbons (Fsp3) is 0.233. The minimum atomic E-state index is -0.556. The predicted molar refractivity (Wildman–Crippen MR) is 140 cm³/mol. The van der Waals surface area contributed by atoms with Crippen molar-refractivity contribution in [2.45, 2.75) is 32.1 Å². The van der Waals surface area contributed by atoms with Gasteiger partial charge in [0.2, 0.25) is 0 Å². The van der Waals surface area contributed by atoms with Gasteiger partial charge in [-0.25, -0.2) is 0 Å². The summed E-state index contributed by atoms with van der Waals surface area (Å²) in [6.45, 7) is 2.01. The Morgan fingerprint density at radius 1 is 1.00 bits per heavy atom. The van der Waals surface area contributed by atoms with E-state index in [0.29, 0.717) is 17.4 Å². The molecule has 0 saturated heterocycles. The number of methoxy groups -OCH3 is 2. The molecule has 1 aliphatic rings. The predicted octanol–water partition coefficient (Wildman–Crippen LogP) is 6.82. The van der Waals surface area contributed by atoms with Crippen LogP contribution >= 0.6 is 0 Å². The Morgan fingerprint density at radius 2 is 1.81 bits per heavy atom. The molecule has 1 amide bonds. The molecule has 1 aromatic heterocycles. The fourth-order valence-electron chi connectivity index (χ4n) is 4.86. The molecule has 190 valence electrons. The first kappa shape index (κ1) is 24.3. The molecule has 1 heterocycles. The molecule has 4 aromatic rings. The maximum atomic E-state index is 12.9. The molecule has 0 fully saturated rings. The van der Waals surface area contributed by atoms with E-state index in [2.05, 4.69) is 41.7 Å². The van der Waals surface area contributed by atoms with Gasteiger partial charge < -0.3 is 29.1 Å². The Kier molecular flexibility index (Phi) is 6.77. The molecule has 1 aliphatic carbocycles. The third-order valence-electron chi connectivity index (χ3n) is 6.72. The summed E-state index contributed by atoms with van der Waals surface area (Å²) in [7, 11) is 2.91. The number of amides is 1. The first-order valence-corrected chi connectivity index (χ1v) is 12.2. The number of hydrogen-bond acceptors (Lipinski definition) is 6.